The van der Waals surface area contributed by atoms with Crippen LogP contribution in [0.4, 0.5) is 0 Å². The van der Waals surface area contributed by atoms with Crippen LogP contribution in [0.3, 0.4) is 0 Å². The first-order valence-corrected chi connectivity index (χ1v) is 9.78. The Kier molecular flexibility index (Phi) is 6.49. The number of carbonyl (C=O) groups excluding carboxylic acids is 1. The number of hydrogen-bond donors (Lipinski definition) is 0. The molecule has 27 heavy (non-hydrogen) atoms. The van der Waals surface area contributed by atoms with E-state index in [0.29, 0.717) is 24.0 Å². The molecule has 0 bridgehead atoms. The van der Waals surface area contributed by atoms with Gasteiger partial charge in [-0.1, -0.05) is 31.5 Å². The smallest absolute Gasteiger partial charge is 0.363 e. The van der Waals surface area contributed by atoms with Crippen LogP contribution in [0.5, 0.6) is 11.5 Å². The van der Waals surface area contributed by atoms with Crippen molar-refractivity contribution >= 4 is 40.5 Å². The van der Waals surface area contributed by atoms with E-state index in [1.54, 1.807) is 13.2 Å². The number of cyclic esters (lactones) is 1. The molecule has 0 saturated carbocycles. The Balaban J connectivity index is 1.85. The molecule has 5 nitrogen and oxygen atoms in total. The van der Waals surface area contributed by atoms with Crippen LogP contribution >= 0.6 is 22.6 Å². The molecule has 0 aliphatic carbocycles. The van der Waals surface area contributed by atoms with Crippen molar-refractivity contribution in [2.24, 2.45) is 4.99 Å². The summed E-state index contributed by atoms with van der Waals surface area (Å²) in [6.45, 7) is 2.75. The summed E-state index contributed by atoms with van der Waals surface area (Å²) >= 11 is 2.19. The molecular weight excluding hydrogens is 457 g/mol. The third-order valence-corrected chi connectivity index (χ3v) is 4.91. The molecule has 0 amide bonds. The zero-order chi connectivity index (χ0) is 19.2. The number of hydrogen-bond acceptors (Lipinski definition) is 5. The molecule has 1 aliphatic rings. The number of halogens is 1. The first-order valence-electron chi connectivity index (χ1n) is 8.70. The van der Waals surface area contributed by atoms with E-state index in [-0.39, 0.29) is 5.70 Å². The van der Waals surface area contributed by atoms with E-state index in [9.17, 15) is 4.79 Å². The topological polar surface area (TPSA) is 57.1 Å². The molecule has 0 N–H and O–H groups in total. The Morgan fingerprint density at radius 1 is 1.19 bits per heavy atom. The lowest BCUT2D eigenvalue weighted by atomic mass is 10.1. The quantitative estimate of drug-likeness (QED) is 0.248. The Morgan fingerprint density at radius 3 is 2.74 bits per heavy atom. The Hall–Kier alpha value is -2.35. The maximum absolute atomic E-state index is 12.2. The lowest BCUT2D eigenvalue weighted by molar-refractivity contribution is -0.129. The van der Waals surface area contributed by atoms with Crippen LogP contribution in [-0.4, -0.2) is 25.6 Å². The molecule has 1 heterocycles. The fourth-order valence-corrected chi connectivity index (χ4v) is 3.15. The summed E-state index contributed by atoms with van der Waals surface area (Å²) in [4.78, 5) is 16.6. The minimum absolute atomic E-state index is 0.256. The molecule has 6 heteroatoms. The van der Waals surface area contributed by atoms with Gasteiger partial charge in [-0.2, -0.15) is 0 Å². The van der Waals surface area contributed by atoms with Crippen molar-refractivity contribution in [1.82, 2.24) is 0 Å². The number of aliphatic imine (C=N–C) groups is 1. The molecule has 0 spiro atoms. The van der Waals surface area contributed by atoms with E-state index in [0.717, 1.165) is 27.5 Å². The van der Waals surface area contributed by atoms with Gasteiger partial charge in [-0.05, 0) is 64.9 Å². The van der Waals surface area contributed by atoms with Crippen molar-refractivity contribution in [3.63, 3.8) is 0 Å². The van der Waals surface area contributed by atoms with E-state index in [1.807, 2.05) is 42.5 Å². The molecule has 0 saturated heterocycles. The maximum Gasteiger partial charge on any atom is 0.363 e. The second-order valence-electron chi connectivity index (χ2n) is 5.93. The monoisotopic (exact) mass is 477 g/mol. The van der Waals surface area contributed by atoms with Crippen LogP contribution in [-0.2, 0) is 9.53 Å². The average Bonchev–Trinajstić information content (AvgIpc) is 3.03. The summed E-state index contributed by atoms with van der Waals surface area (Å²) in [7, 11) is 1.59. The van der Waals surface area contributed by atoms with Crippen molar-refractivity contribution in [1.29, 1.82) is 0 Å². The van der Waals surface area contributed by atoms with Gasteiger partial charge in [0.05, 0.1) is 19.3 Å². The first-order chi connectivity index (χ1) is 13.1. The maximum atomic E-state index is 12.2. The number of carbonyl (C=O) groups is 1. The average molecular weight is 477 g/mol. The molecule has 0 radical (unpaired) electrons. The Bertz CT molecular complexity index is 905. The lowest BCUT2D eigenvalue weighted by Crippen LogP contribution is -2.06. The van der Waals surface area contributed by atoms with Gasteiger partial charge in [-0.3, -0.25) is 0 Å². The van der Waals surface area contributed by atoms with Crippen molar-refractivity contribution < 1.29 is 19.0 Å². The minimum Gasteiger partial charge on any atom is -0.493 e. The molecule has 0 aromatic heterocycles. The van der Waals surface area contributed by atoms with E-state index in [4.69, 9.17) is 14.2 Å². The highest BCUT2D eigenvalue weighted by Gasteiger charge is 2.25. The first kappa shape index (κ1) is 19.4. The van der Waals surface area contributed by atoms with Gasteiger partial charge in [-0.25, -0.2) is 9.79 Å². The van der Waals surface area contributed by atoms with E-state index in [1.165, 1.54) is 0 Å². The zero-order valence-electron chi connectivity index (χ0n) is 15.2. The standard InChI is InChI=1S/C21H20INO4/c1-3-4-11-26-18-10-9-14(13-19(18)25-2)12-17-21(24)27-20(23-17)15-7-5-6-8-16(15)22/h5-10,12-13H,3-4,11H2,1-2H3/b17-12-. The second-order valence-corrected chi connectivity index (χ2v) is 7.09. The van der Waals surface area contributed by atoms with Gasteiger partial charge < -0.3 is 14.2 Å². The number of esters is 1. The lowest BCUT2D eigenvalue weighted by Gasteiger charge is -2.10. The third kappa shape index (κ3) is 4.68. The van der Waals surface area contributed by atoms with E-state index >= 15 is 0 Å². The SMILES string of the molecule is CCCCOc1ccc(/C=C2\N=C(c3ccccc3I)OC2=O)cc1OC. The highest BCUT2D eigenvalue weighted by atomic mass is 127. The van der Waals surface area contributed by atoms with Crippen LogP contribution in [0.15, 0.2) is 53.2 Å². The molecule has 2 aromatic rings. The third-order valence-electron chi connectivity index (χ3n) is 3.97. The normalized spacial score (nSPS) is 14.9. The highest BCUT2D eigenvalue weighted by molar-refractivity contribution is 14.1. The number of rotatable bonds is 7. The van der Waals surface area contributed by atoms with Gasteiger partial charge in [0.25, 0.3) is 0 Å². The van der Waals surface area contributed by atoms with Crippen molar-refractivity contribution in [3.05, 3.63) is 62.9 Å². The molecule has 140 valence electrons. The predicted octanol–water partition coefficient (Wildman–Crippen LogP) is 4.82. The number of methoxy groups -OCH3 is 1. The van der Waals surface area contributed by atoms with Gasteiger partial charge in [0.1, 0.15) is 0 Å². The van der Waals surface area contributed by atoms with Crippen LogP contribution in [0.25, 0.3) is 6.08 Å². The van der Waals surface area contributed by atoms with Gasteiger partial charge in [0.2, 0.25) is 5.90 Å². The Morgan fingerprint density at radius 2 is 2.00 bits per heavy atom. The zero-order valence-corrected chi connectivity index (χ0v) is 17.4. The molecule has 3 rings (SSSR count). The summed E-state index contributed by atoms with van der Waals surface area (Å²) in [6, 6.07) is 13.2. The summed E-state index contributed by atoms with van der Waals surface area (Å²) < 4.78 is 17.5. The molecular formula is C21H20INO4. The van der Waals surface area contributed by atoms with Crippen molar-refractivity contribution in [2.75, 3.05) is 13.7 Å². The predicted molar refractivity (Wildman–Crippen MR) is 113 cm³/mol. The molecule has 0 fully saturated rings. The summed E-state index contributed by atoms with van der Waals surface area (Å²) in [5.41, 5.74) is 1.84. The Labute approximate surface area is 172 Å². The summed E-state index contributed by atoms with van der Waals surface area (Å²) in [5.74, 6) is 1.16. The van der Waals surface area contributed by atoms with Crippen LogP contribution in [0.1, 0.15) is 30.9 Å². The van der Waals surface area contributed by atoms with Gasteiger partial charge in [0.15, 0.2) is 17.2 Å². The number of nitrogens with zero attached hydrogens (tertiary/aromatic N) is 1. The highest BCUT2D eigenvalue weighted by Crippen LogP contribution is 2.30. The molecule has 2 aromatic carbocycles. The number of benzene rings is 2. The second kappa shape index (κ2) is 9.03. The van der Waals surface area contributed by atoms with Crippen molar-refractivity contribution in [3.8, 4) is 11.5 Å². The summed E-state index contributed by atoms with van der Waals surface area (Å²) in [5, 5.41) is 0. The van der Waals surface area contributed by atoms with Gasteiger partial charge >= 0.3 is 5.97 Å². The van der Waals surface area contributed by atoms with E-state index < -0.39 is 5.97 Å². The molecule has 0 unspecified atom stereocenters. The largest absolute Gasteiger partial charge is 0.493 e. The van der Waals surface area contributed by atoms with Crippen LogP contribution < -0.4 is 9.47 Å². The number of ether oxygens (including phenoxy) is 3. The minimum atomic E-state index is -0.466. The van der Waals surface area contributed by atoms with Crippen LogP contribution in [0, 0.1) is 3.57 Å². The fourth-order valence-electron chi connectivity index (χ4n) is 2.54. The van der Waals surface area contributed by atoms with Gasteiger partial charge in [0, 0.05) is 3.57 Å². The molecule has 1 aliphatic heterocycles. The van der Waals surface area contributed by atoms with Crippen LogP contribution in [0.2, 0.25) is 0 Å². The van der Waals surface area contributed by atoms with E-state index in [2.05, 4.69) is 34.5 Å². The molecule has 0 atom stereocenters. The van der Waals surface area contributed by atoms with Crippen molar-refractivity contribution in [2.45, 2.75) is 19.8 Å². The number of unbranched alkanes of at least 4 members (excludes halogenated alkanes) is 1. The summed E-state index contributed by atoms with van der Waals surface area (Å²) in [6.07, 6.45) is 3.73. The fraction of sp³-hybridized carbons (Fsp3) is 0.238. The van der Waals surface area contributed by atoms with Gasteiger partial charge in [-0.15, -0.1) is 0 Å².